The van der Waals surface area contributed by atoms with Gasteiger partial charge in [-0.15, -0.1) is 0 Å². The minimum Gasteiger partial charge on any atom is -0.394 e. The highest BCUT2D eigenvalue weighted by atomic mass is 32.1. The van der Waals surface area contributed by atoms with Crippen LogP contribution in [-0.4, -0.2) is 53.8 Å². The number of aliphatic hydroxyl groups excluding tert-OH is 2. The molecule has 9 heteroatoms. The van der Waals surface area contributed by atoms with E-state index >= 15 is 0 Å². The summed E-state index contributed by atoms with van der Waals surface area (Å²) in [6.07, 6.45) is 0.725. The van der Waals surface area contributed by atoms with Gasteiger partial charge in [-0.05, 0) is 0 Å². The minimum atomic E-state index is -0.866. The summed E-state index contributed by atoms with van der Waals surface area (Å²) >= 11 is 4.32. The molecule has 1 saturated heterocycles. The highest BCUT2D eigenvalue weighted by Crippen LogP contribution is 2.34. The van der Waals surface area contributed by atoms with Crippen LogP contribution >= 0.6 is 12.6 Å². The molecule has 102 valence electrons. The smallest absolute Gasteiger partial charge is 0.167 e. The Labute approximate surface area is 113 Å². The summed E-state index contributed by atoms with van der Waals surface area (Å²) in [6, 6.07) is 0. The lowest BCUT2D eigenvalue weighted by molar-refractivity contribution is -0.0430. The Kier molecular flexibility index (Phi) is 3.05. The largest absolute Gasteiger partial charge is 0.394 e. The Morgan fingerprint density at radius 2 is 2.21 bits per heavy atom. The Bertz CT molecular complexity index is 606. The molecule has 0 spiro atoms. The number of anilines is 1. The number of thiol groups is 1. The Morgan fingerprint density at radius 1 is 1.42 bits per heavy atom. The summed E-state index contributed by atoms with van der Waals surface area (Å²) in [4.78, 5) is 12.1. The van der Waals surface area contributed by atoms with Gasteiger partial charge in [0, 0.05) is 0 Å². The average molecular weight is 283 g/mol. The second kappa shape index (κ2) is 4.60. The lowest BCUT2D eigenvalue weighted by Crippen LogP contribution is -2.30. The van der Waals surface area contributed by atoms with Crippen LogP contribution in [-0.2, 0) is 4.74 Å². The first kappa shape index (κ1) is 12.6. The van der Waals surface area contributed by atoms with Crippen LogP contribution in [0.1, 0.15) is 6.23 Å². The van der Waals surface area contributed by atoms with Gasteiger partial charge in [0.05, 0.1) is 24.3 Å². The van der Waals surface area contributed by atoms with Crippen molar-refractivity contribution in [3.05, 3.63) is 12.7 Å². The lowest BCUT2D eigenvalue weighted by atomic mass is 10.2. The number of nitrogens with two attached hydrogens (primary N) is 1. The summed E-state index contributed by atoms with van der Waals surface area (Å²) in [6.45, 7) is -0.279. The van der Waals surface area contributed by atoms with E-state index in [-0.39, 0.29) is 12.4 Å². The number of imidazole rings is 1. The van der Waals surface area contributed by atoms with E-state index in [1.165, 1.54) is 12.7 Å². The third-order valence-corrected chi connectivity index (χ3v) is 3.74. The zero-order chi connectivity index (χ0) is 13.6. The molecule has 0 unspecified atom stereocenters. The van der Waals surface area contributed by atoms with Gasteiger partial charge in [0.2, 0.25) is 0 Å². The standard InChI is InChI=1S/C10H13N5O3S/c11-8-5-9(13-2-12-8)15(3-14-5)10-7(19)6(17)4(1-16)18-10/h2-4,6-7,10,16-17,19H,1H2,(H2,11,12,13)/t4-,6+,7-,10-/m1/s1. The molecule has 19 heavy (non-hydrogen) atoms. The Balaban J connectivity index is 2.04. The molecule has 0 amide bonds. The van der Waals surface area contributed by atoms with Gasteiger partial charge in [0.15, 0.2) is 17.7 Å². The summed E-state index contributed by atoms with van der Waals surface area (Å²) < 4.78 is 7.20. The molecular formula is C10H13N5O3S. The second-order valence-electron chi connectivity index (χ2n) is 4.31. The molecule has 0 radical (unpaired) electrons. The minimum absolute atomic E-state index is 0.275. The van der Waals surface area contributed by atoms with Crippen LogP contribution in [0.3, 0.4) is 0 Å². The molecule has 3 rings (SSSR count). The number of nitrogens with zero attached hydrogens (tertiary/aromatic N) is 4. The second-order valence-corrected chi connectivity index (χ2v) is 4.91. The van der Waals surface area contributed by atoms with E-state index in [2.05, 4.69) is 27.6 Å². The first-order valence-corrected chi connectivity index (χ1v) is 6.20. The molecule has 0 bridgehead atoms. The van der Waals surface area contributed by atoms with Crippen LogP contribution in [0, 0.1) is 0 Å². The Morgan fingerprint density at radius 3 is 2.89 bits per heavy atom. The predicted octanol–water partition coefficient (Wildman–Crippen LogP) is -1.04. The fourth-order valence-electron chi connectivity index (χ4n) is 2.17. The summed E-state index contributed by atoms with van der Waals surface area (Å²) in [5, 5.41) is 18.5. The number of hydrogen-bond donors (Lipinski definition) is 4. The number of ether oxygens (including phenoxy) is 1. The van der Waals surface area contributed by atoms with Crippen LogP contribution in [0.25, 0.3) is 11.2 Å². The normalized spacial score (nSPS) is 31.1. The Hall–Kier alpha value is -1.42. The van der Waals surface area contributed by atoms with E-state index < -0.39 is 23.7 Å². The SMILES string of the molecule is Nc1ncnc2c1ncn2[C@@H]1O[C@H](CO)[C@H](O)[C@H]1S. The van der Waals surface area contributed by atoms with Crippen molar-refractivity contribution in [1.29, 1.82) is 0 Å². The fourth-order valence-corrected chi connectivity index (χ4v) is 2.57. The van der Waals surface area contributed by atoms with Crippen LogP contribution in [0.4, 0.5) is 5.82 Å². The highest BCUT2D eigenvalue weighted by Gasteiger charge is 2.42. The molecule has 4 atom stereocenters. The van der Waals surface area contributed by atoms with Gasteiger partial charge >= 0.3 is 0 Å². The summed E-state index contributed by atoms with van der Waals surface area (Å²) in [7, 11) is 0. The molecule has 4 N–H and O–H groups in total. The summed E-state index contributed by atoms with van der Waals surface area (Å²) in [5.41, 5.74) is 6.68. The fraction of sp³-hybridized carbons (Fsp3) is 0.500. The average Bonchev–Trinajstić information content (AvgIpc) is 2.94. The number of aromatic nitrogens is 4. The van der Waals surface area contributed by atoms with Crippen LogP contribution < -0.4 is 5.73 Å². The molecule has 1 aliphatic rings. The molecule has 8 nitrogen and oxygen atoms in total. The highest BCUT2D eigenvalue weighted by molar-refractivity contribution is 7.81. The van der Waals surface area contributed by atoms with E-state index in [0.717, 1.165) is 0 Å². The van der Waals surface area contributed by atoms with Crippen molar-refractivity contribution in [3.63, 3.8) is 0 Å². The monoisotopic (exact) mass is 283 g/mol. The van der Waals surface area contributed by atoms with E-state index in [1.54, 1.807) is 4.57 Å². The van der Waals surface area contributed by atoms with Crippen molar-refractivity contribution in [3.8, 4) is 0 Å². The third kappa shape index (κ3) is 1.86. The molecule has 0 aliphatic carbocycles. The number of nitrogen functional groups attached to an aromatic ring is 1. The molecule has 1 fully saturated rings. The maximum atomic E-state index is 9.90. The van der Waals surface area contributed by atoms with Crippen LogP contribution in [0.2, 0.25) is 0 Å². The maximum Gasteiger partial charge on any atom is 0.167 e. The number of fused-ring (bicyclic) bond motifs is 1. The van der Waals surface area contributed by atoms with Gasteiger partial charge in [0.25, 0.3) is 0 Å². The number of rotatable bonds is 2. The van der Waals surface area contributed by atoms with E-state index in [4.69, 9.17) is 15.6 Å². The maximum absolute atomic E-state index is 9.90. The number of hydrogen-bond acceptors (Lipinski definition) is 8. The van der Waals surface area contributed by atoms with Crippen molar-refractivity contribution >= 4 is 29.6 Å². The third-order valence-electron chi connectivity index (χ3n) is 3.18. The molecular weight excluding hydrogens is 270 g/mol. The predicted molar refractivity (Wildman–Crippen MR) is 69.5 cm³/mol. The molecule has 0 saturated carbocycles. The number of aliphatic hydroxyl groups is 2. The first-order chi connectivity index (χ1) is 9.13. The quantitative estimate of drug-likeness (QED) is 0.520. The molecule has 2 aromatic rings. The summed E-state index contributed by atoms with van der Waals surface area (Å²) in [5.74, 6) is 0.275. The lowest BCUT2D eigenvalue weighted by Gasteiger charge is -2.16. The zero-order valence-electron chi connectivity index (χ0n) is 9.79. The molecule has 0 aromatic carbocycles. The molecule has 3 heterocycles. The molecule has 2 aromatic heterocycles. The van der Waals surface area contributed by atoms with Crippen LogP contribution in [0.15, 0.2) is 12.7 Å². The van der Waals surface area contributed by atoms with Gasteiger partial charge in [0.1, 0.15) is 17.9 Å². The van der Waals surface area contributed by atoms with Crippen molar-refractivity contribution < 1.29 is 14.9 Å². The van der Waals surface area contributed by atoms with Gasteiger partial charge < -0.3 is 20.7 Å². The van der Waals surface area contributed by atoms with Crippen molar-refractivity contribution in [2.45, 2.75) is 23.7 Å². The van der Waals surface area contributed by atoms with E-state index in [0.29, 0.717) is 11.2 Å². The first-order valence-electron chi connectivity index (χ1n) is 5.69. The van der Waals surface area contributed by atoms with Gasteiger partial charge in [-0.3, -0.25) is 4.57 Å². The van der Waals surface area contributed by atoms with Crippen molar-refractivity contribution in [2.24, 2.45) is 0 Å². The van der Waals surface area contributed by atoms with Crippen LogP contribution in [0.5, 0.6) is 0 Å². The van der Waals surface area contributed by atoms with Crippen molar-refractivity contribution in [2.75, 3.05) is 12.3 Å². The van der Waals surface area contributed by atoms with Gasteiger partial charge in [-0.1, -0.05) is 0 Å². The van der Waals surface area contributed by atoms with Crippen molar-refractivity contribution in [1.82, 2.24) is 19.5 Å². The van der Waals surface area contributed by atoms with Gasteiger partial charge in [-0.25, -0.2) is 15.0 Å². The molecule has 1 aliphatic heterocycles. The zero-order valence-corrected chi connectivity index (χ0v) is 10.7. The van der Waals surface area contributed by atoms with Gasteiger partial charge in [-0.2, -0.15) is 12.6 Å². The topological polar surface area (TPSA) is 119 Å². The van der Waals surface area contributed by atoms with E-state index in [9.17, 15) is 5.11 Å². The van der Waals surface area contributed by atoms with E-state index in [1.807, 2.05) is 0 Å².